The Labute approximate surface area is 186 Å². The molecular weight excluding hydrogens is 410 g/mol. The monoisotopic (exact) mass is 437 g/mol. The number of benzene rings is 2. The van der Waals surface area contributed by atoms with Crippen molar-refractivity contribution >= 4 is 29.4 Å². The van der Waals surface area contributed by atoms with Gasteiger partial charge in [0.05, 0.1) is 18.6 Å². The van der Waals surface area contributed by atoms with Crippen molar-refractivity contribution in [1.82, 2.24) is 9.80 Å². The van der Waals surface area contributed by atoms with E-state index < -0.39 is 12.1 Å². The van der Waals surface area contributed by atoms with Crippen molar-refractivity contribution in [3.05, 3.63) is 71.3 Å². The summed E-state index contributed by atoms with van der Waals surface area (Å²) in [4.78, 5) is 42.1. The minimum Gasteiger partial charge on any atom is -0.329 e. The average Bonchev–Trinajstić information content (AvgIpc) is 3.35. The number of hydrogen-bond acceptors (Lipinski definition) is 5. The smallest absolute Gasteiger partial charge is 0.254 e. The summed E-state index contributed by atoms with van der Waals surface area (Å²) in [5.74, 6) is 0.845. The molecule has 6 nitrogen and oxygen atoms in total. The second-order valence-electron chi connectivity index (χ2n) is 8.15. The third-order valence-corrected chi connectivity index (χ3v) is 7.20. The van der Waals surface area contributed by atoms with Gasteiger partial charge in [-0.3, -0.25) is 14.4 Å². The van der Waals surface area contributed by atoms with Crippen LogP contribution in [0.15, 0.2) is 54.6 Å². The van der Waals surface area contributed by atoms with E-state index in [-0.39, 0.29) is 30.2 Å². The quantitative estimate of drug-likeness (QED) is 0.749. The van der Waals surface area contributed by atoms with Crippen LogP contribution < -0.4 is 5.73 Å². The third kappa shape index (κ3) is 4.38. The molecule has 162 valence electrons. The van der Waals surface area contributed by atoms with Crippen LogP contribution in [0, 0.1) is 6.92 Å². The maximum Gasteiger partial charge on any atom is 0.254 e. The van der Waals surface area contributed by atoms with Crippen molar-refractivity contribution in [2.45, 2.75) is 37.2 Å². The lowest BCUT2D eigenvalue weighted by molar-refractivity contribution is -0.137. The van der Waals surface area contributed by atoms with Crippen molar-refractivity contribution in [2.75, 3.05) is 18.8 Å². The number of hydrogen-bond donors (Lipinski definition) is 1. The molecule has 4 rings (SSSR count). The Morgan fingerprint density at radius 3 is 2.55 bits per heavy atom. The summed E-state index contributed by atoms with van der Waals surface area (Å²) in [7, 11) is 0. The van der Waals surface area contributed by atoms with E-state index in [1.54, 1.807) is 27.6 Å². The predicted molar refractivity (Wildman–Crippen MR) is 122 cm³/mol. The maximum atomic E-state index is 13.1. The van der Waals surface area contributed by atoms with Gasteiger partial charge in [-0.15, -0.1) is 0 Å². The number of nitrogens with zero attached hydrogens (tertiary/aromatic N) is 2. The second kappa shape index (κ2) is 9.24. The van der Waals surface area contributed by atoms with E-state index in [0.29, 0.717) is 24.3 Å². The van der Waals surface area contributed by atoms with E-state index in [1.807, 2.05) is 55.5 Å². The molecule has 0 aromatic heterocycles. The van der Waals surface area contributed by atoms with Crippen LogP contribution in [0.1, 0.15) is 27.9 Å². The number of carbonyl (C=O) groups is 3. The number of carbonyl (C=O) groups excluding carboxylic acids is 3. The van der Waals surface area contributed by atoms with E-state index in [1.165, 1.54) is 5.56 Å². The summed E-state index contributed by atoms with van der Waals surface area (Å²) < 4.78 is 0. The van der Waals surface area contributed by atoms with Gasteiger partial charge in [0, 0.05) is 23.6 Å². The lowest BCUT2D eigenvalue weighted by atomic mass is 10.1. The van der Waals surface area contributed by atoms with E-state index in [2.05, 4.69) is 0 Å². The van der Waals surface area contributed by atoms with Crippen LogP contribution >= 0.6 is 11.8 Å². The van der Waals surface area contributed by atoms with Crippen molar-refractivity contribution < 1.29 is 14.4 Å². The molecule has 2 N–H and O–H groups in total. The van der Waals surface area contributed by atoms with Crippen LogP contribution in [0.5, 0.6) is 0 Å². The molecule has 3 atom stereocenters. The lowest BCUT2D eigenvalue weighted by Gasteiger charge is -2.26. The molecule has 2 saturated heterocycles. The van der Waals surface area contributed by atoms with Crippen LogP contribution in [0.3, 0.4) is 0 Å². The summed E-state index contributed by atoms with van der Waals surface area (Å²) in [6.07, 6.45) is 0.601. The Bertz CT molecular complexity index is 981. The molecule has 2 unspecified atom stereocenters. The molecule has 31 heavy (non-hydrogen) atoms. The molecule has 2 heterocycles. The fourth-order valence-electron chi connectivity index (χ4n) is 4.47. The maximum absolute atomic E-state index is 13.1. The molecule has 2 amide bonds. The highest BCUT2D eigenvalue weighted by atomic mass is 32.2. The van der Waals surface area contributed by atoms with Gasteiger partial charge in [0.25, 0.3) is 5.91 Å². The second-order valence-corrected chi connectivity index (χ2v) is 9.18. The molecule has 0 spiro atoms. The Kier molecular flexibility index (Phi) is 6.43. The number of likely N-dealkylation sites (tertiary alicyclic amines) is 2. The minimum atomic E-state index is -0.665. The molecule has 2 aliphatic rings. The lowest BCUT2D eigenvalue weighted by Crippen LogP contribution is -2.50. The summed E-state index contributed by atoms with van der Waals surface area (Å²) in [6.45, 7) is 2.39. The molecular formula is C24H27N3O3S. The first-order chi connectivity index (χ1) is 15.0. The molecule has 2 fully saturated rings. The summed E-state index contributed by atoms with van der Waals surface area (Å²) >= 11 is 1.61. The van der Waals surface area contributed by atoms with Gasteiger partial charge in [-0.2, -0.15) is 11.8 Å². The Hall–Kier alpha value is -2.64. The highest BCUT2D eigenvalue weighted by Crippen LogP contribution is 2.32. The van der Waals surface area contributed by atoms with E-state index >= 15 is 0 Å². The average molecular weight is 438 g/mol. The Balaban J connectivity index is 1.39. The standard InChI is InChI=1S/C24H27N3O3S/c1-16-7-5-6-10-18(16)23(29)27-13-21(28)22-20(27)11-12-26(22)24(30)19(25)15-31-14-17-8-3-2-4-9-17/h2-10,19-20,22H,11-15,25H2,1H3/t19-,20?,22?/m0/s1. The zero-order valence-corrected chi connectivity index (χ0v) is 18.4. The van der Waals surface area contributed by atoms with Gasteiger partial charge in [0.2, 0.25) is 5.91 Å². The number of aryl methyl sites for hydroxylation is 1. The van der Waals surface area contributed by atoms with Crippen LogP contribution in [-0.2, 0) is 15.3 Å². The SMILES string of the molecule is Cc1ccccc1C(=O)N1CC(=O)C2C1CCN2C(=O)[C@@H](N)CSCc1ccccc1. The van der Waals surface area contributed by atoms with E-state index in [4.69, 9.17) is 5.73 Å². The number of ketones is 1. The van der Waals surface area contributed by atoms with Crippen molar-refractivity contribution in [3.8, 4) is 0 Å². The first-order valence-corrected chi connectivity index (χ1v) is 11.7. The van der Waals surface area contributed by atoms with E-state index in [0.717, 1.165) is 11.3 Å². The Morgan fingerprint density at radius 2 is 1.81 bits per heavy atom. The first-order valence-electron chi connectivity index (χ1n) is 10.5. The number of Topliss-reactive ketones (excluding diaryl/α,β-unsaturated/α-hetero) is 1. The van der Waals surface area contributed by atoms with Gasteiger partial charge in [0.15, 0.2) is 5.78 Å². The van der Waals surface area contributed by atoms with Gasteiger partial charge in [0.1, 0.15) is 6.04 Å². The largest absolute Gasteiger partial charge is 0.329 e. The molecule has 0 bridgehead atoms. The topological polar surface area (TPSA) is 83.7 Å². The zero-order chi connectivity index (χ0) is 22.0. The summed E-state index contributed by atoms with van der Waals surface area (Å²) in [5.41, 5.74) is 8.86. The number of rotatable bonds is 6. The molecule has 2 aromatic carbocycles. The normalized spacial score (nSPS) is 21.3. The minimum absolute atomic E-state index is 0.0459. The molecule has 2 aromatic rings. The molecule has 7 heteroatoms. The highest BCUT2D eigenvalue weighted by Gasteiger charge is 2.51. The zero-order valence-electron chi connectivity index (χ0n) is 17.6. The van der Waals surface area contributed by atoms with Crippen molar-refractivity contribution in [2.24, 2.45) is 5.73 Å². The van der Waals surface area contributed by atoms with Gasteiger partial charge in [-0.1, -0.05) is 48.5 Å². The van der Waals surface area contributed by atoms with Crippen LogP contribution in [-0.4, -0.2) is 64.4 Å². The van der Waals surface area contributed by atoms with Crippen LogP contribution in [0.4, 0.5) is 0 Å². The highest BCUT2D eigenvalue weighted by molar-refractivity contribution is 7.98. The molecule has 2 aliphatic heterocycles. The van der Waals surface area contributed by atoms with Crippen molar-refractivity contribution in [1.29, 1.82) is 0 Å². The van der Waals surface area contributed by atoms with Gasteiger partial charge >= 0.3 is 0 Å². The number of amides is 2. The molecule has 0 saturated carbocycles. The number of nitrogens with two attached hydrogens (primary N) is 1. The van der Waals surface area contributed by atoms with Crippen molar-refractivity contribution in [3.63, 3.8) is 0 Å². The van der Waals surface area contributed by atoms with Gasteiger partial charge in [-0.25, -0.2) is 0 Å². The number of fused-ring (bicyclic) bond motifs is 1. The van der Waals surface area contributed by atoms with Crippen LogP contribution in [0.25, 0.3) is 0 Å². The van der Waals surface area contributed by atoms with E-state index in [9.17, 15) is 14.4 Å². The summed E-state index contributed by atoms with van der Waals surface area (Å²) in [5, 5.41) is 0. The molecule has 0 aliphatic carbocycles. The Morgan fingerprint density at radius 1 is 1.10 bits per heavy atom. The molecule has 0 radical (unpaired) electrons. The van der Waals surface area contributed by atoms with Crippen LogP contribution in [0.2, 0.25) is 0 Å². The number of thioether (sulfide) groups is 1. The van der Waals surface area contributed by atoms with Gasteiger partial charge < -0.3 is 15.5 Å². The third-order valence-electron chi connectivity index (χ3n) is 6.07. The fraction of sp³-hybridized carbons (Fsp3) is 0.375. The predicted octanol–water partition coefficient (Wildman–Crippen LogP) is 2.25. The first kappa shape index (κ1) is 21.6. The van der Waals surface area contributed by atoms with Gasteiger partial charge in [-0.05, 0) is 30.5 Å². The summed E-state index contributed by atoms with van der Waals surface area (Å²) in [6, 6.07) is 15.9. The fourth-order valence-corrected chi connectivity index (χ4v) is 5.41.